The highest BCUT2D eigenvalue weighted by molar-refractivity contribution is 7.16. The molecule has 0 atom stereocenters. The molecular weight excluding hydrogens is 310 g/mol. The summed E-state index contributed by atoms with van der Waals surface area (Å²) in [6, 6.07) is 9.50. The summed E-state index contributed by atoms with van der Waals surface area (Å²) < 4.78 is 1.33. The van der Waals surface area contributed by atoms with Gasteiger partial charge in [0.15, 0.2) is 0 Å². The Balaban J connectivity index is 1.70. The average molecular weight is 327 g/mol. The second-order valence-electron chi connectivity index (χ2n) is 5.31. The predicted octanol–water partition coefficient (Wildman–Crippen LogP) is 3.05. The zero-order chi connectivity index (χ0) is 16.2. The number of nitrogens with one attached hydrogen (secondary N) is 1. The summed E-state index contributed by atoms with van der Waals surface area (Å²) in [6.45, 7) is 2.08. The Hall–Kier alpha value is -2.47. The van der Waals surface area contributed by atoms with Crippen molar-refractivity contribution >= 4 is 33.1 Å². The van der Waals surface area contributed by atoms with Crippen molar-refractivity contribution in [3.63, 3.8) is 0 Å². The van der Waals surface area contributed by atoms with Gasteiger partial charge in [-0.15, -0.1) is 11.3 Å². The van der Waals surface area contributed by atoms with Gasteiger partial charge in [0.2, 0.25) is 5.91 Å². The van der Waals surface area contributed by atoms with Gasteiger partial charge in [0.1, 0.15) is 11.4 Å². The standard InChI is InChI=1S/C17H17N3O2S/c1-2-3-12-4-6-13(7-5-12)19-15(21)10-20-11-18-16-14(17(20)22)8-9-23-16/h4-9,11H,2-3,10H2,1H3,(H,19,21). The van der Waals surface area contributed by atoms with E-state index < -0.39 is 0 Å². The molecule has 1 N–H and O–H groups in total. The fourth-order valence-electron chi connectivity index (χ4n) is 2.40. The maximum absolute atomic E-state index is 12.2. The number of aryl methyl sites for hydroxylation is 1. The number of hydrogen-bond donors (Lipinski definition) is 1. The van der Waals surface area contributed by atoms with Gasteiger partial charge in [-0.05, 0) is 35.6 Å². The highest BCUT2D eigenvalue weighted by Gasteiger charge is 2.09. The normalized spacial score (nSPS) is 10.8. The topological polar surface area (TPSA) is 64.0 Å². The lowest BCUT2D eigenvalue weighted by molar-refractivity contribution is -0.116. The molecule has 3 rings (SSSR count). The van der Waals surface area contributed by atoms with Crippen molar-refractivity contribution in [2.45, 2.75) is 26.3 Å². The van der Waals surface area contributed by atoms with E-state index in [1.165, 1.54) is 27.8 Å². The van der Waals surface area contributed by atoms with E-state index in [1.807, 2.05) is 29.6 Å². The third kappa shape index (κ3) is 3.48. The van der Waals surface area contributed by atoms with Gasteiger partial charge in [-0.2, -0.15) is 0 Å². The van der Waals surface area contributed by atoms with Crippen LogP contribution in [0.3, 0.4) is 0 Å². The van der Waals surface area contributed by atoms with Crippen LogP contribution in [0.15, 0.2) is 46.8 Å². The van der Waals surface area contributed by atoms with E-state index in [2.05, 4.69) is 17.2 Å². The number of fused-ring (bicyclic) bond motifs is 1. The van der Waals surface area contributed by atoms with Gasteiger partial charge in [-0.1, -0.05) is 25.5 Å². The summed E-state index contributed by atoms with van der Waals surface area (Å²) >= 11 is 1.41. The summed E-state index contributed by atoms with van der Waals surface area (Å²) in [5, 5.41) is 5.18. The van der Waals surface area contributed by atoms with Crippen LogP contribution in [0, 0.1) is 0 Å². The zero-order valence-corrected chi connectivity index (χ0v) is 13.6. The number of rotatable bonds is 5. The highest BCUT2D eigenvalue weighted by atomic mass is 32.1. The number of anilines is 1. The van der Waals surface area contributed by atoms with Crippen LogP contribution < -0.4 is 10.9 Å². The molecule has 0 aliphatic rings. The van der Waals surface area contributed by atoms with Crippen LogP contribution in [0.25, 0.3) is 10.2 Å². The molecule has 1 amide bonds. The minimum absolute atomic E-state index is 0.0473. The monoisotopic (exact) mass is 327 g/mol. The first-order valence-corrected chi connectivity index (χ1v) is 8.37. The van der Waals surface area contributed by atoms with E-state index in [9.17, 15) is 9.59 Å². The van der Waals surface area contributed by atoms with Crippen LogP contribution in [-0.4, -0.2) is 15.5 Å². The Bertz CT molecular complexity index is 881. The number of thiophene rings is 1. The van der Waals surface area contributed by atoms with Crippen molar-refractivity contribution in [3.05, 3.63) is 58.0 Å². The molecule has 0 aliphatic carbocycles. The molecule has 6 heteroatoms. The van der Waals surface area contributed by atoms with E-state index in [1.54, 1.807) is 6.07 Å². The van der Waals surface area contributed by atoms with Gasteiger partial charge in [-0.3, -0.25) is 14.2 Å². The lowest BCUT2D eigenvalue weighted by atomic mass is 10.1. The molecule has 5 nitrogen and oxygen atoms in total. The summed E-state index contributed by atoms with van der Waals surface area (Å²) in [5.41, 5.74) is 1.78. The zero-order valence-electron chi connectivity index (χ0n) is 12.8. The molecule has 1 aromatic carbocycles. The number of amides is 1. The first kappa shape index (κ1) is 15.4. The predicted molar refractivity (Wildman–Crippen MR) is 92.9 cm³/mol. The Morgan fingerprint density at radius 3 is 2.78 bits per heavy atom. The van der Waals surface area contributed by atoms with Gasteiger partial charge in [0.05, 0.1) is 11.7 Å². The van der Waals surface area contributed by atoms with E-state index >= 15 is 0 Å². The molecule has 0 aliphatic heterocycles. The van der Waals surface area contributed by atoms with Gasteiger partial charge >= 0.3 is 0 Å². The van der Waals surface area contributed by atoms with Crippen molar-refractivity contribution < 1.29 is 4.79 Å². The minimum atomic E-state index is -0.244. The van der Waals surface area contributed by atoms with Crippen molar-refractivity contribution in [2.24, 2.45) is 0 Å². The Kier molecular flexibility index (Phi) is 4.52. The quantitative estimate of drug-likeness (QED) is 0.783. The maximum atomic E-state index is 12.2. The minimum Gasteiger partial charge on any atom is -0.325 e. The summed E-state index contributed by atoms with van der Waals surface area (Å²) in [5.74, 6) is -0.244. The molecule has 0 saturated carbocycles. The number of carbonyl (C=O) groups excluding carboxylic acids is 1. The average Bonchev–Trinajstić information content (AvgIpc) is 3.02. The van der Waals surface area contributed by atoms with Gasteiger partial charge < -0.3 is 5.32 Å². The smallest absolute Gasteiger partial charge is 0.262 e. The Labute approximate surface area is 137 Å². The molecule has 0 spiro atoms. The number of hydrogen-bond acceptors (Lipinski definition) is 4. The van der Waals surface area contributed by atoms with Gasteiger partial charge in [-0.25, -0.2) is 4.98 Å². The fourth-order valence-corrected chi connectivity index (χ4v) is 3.13. The van der Waals surface area contributed by atoms with Crippen molar-refractivity contribution in [1.82, 2.24) is 9.55 Å². The fraction of sp³-hybridized carbons (Fsp3) is 0.235. The van der Waals surface area contributed by atoms with E-state index in [0.29, 0.717) is 10.2 Å². The van der Waals surface area contributed by atoms with Crippen LogP contribution in [0.4, 0.5) is 5.69 Å². The molecule has 0 unspecified atom stereocenters. The van der Waals surface area contributed by atoms with Crippen LogP contribution in [0.1, 0.15) is 18.9 Å². The van der Waals surface area contributed by atoms with E-state index in [4.69, 9.17) is 0 Å². The Morgan fingerprint density at radius 2 is 2.04 bits per heavy atom. The number of carbonyl (C=O) groups is 1. The second kappa shape index (κ2) is 6.75. The van der Waals surface area contributed by atoms with Gasteiger partial charge in [0.25, 0.3) is 5.56 Å². The largest absolute Gasteiger partial charge is 0.325 e. The number of aromatic nitrogens is 2. The van der Waals surface area contributed by atoms with Crippen LogP contribution >= 0.6 is 11.3 Å². The van der Waals surface area contributed by atoms with Crippen LogP contribution in [-0.2, 0) is 17.8 Å². The molecule has 2 aromatic heterocycles. The molecule has 2 heterocycles. The van der Waals surface area contributed by atoms with E-state index in [-0.39, 0.29) is 18.0 Å². The van der Waals surface area contributed by atoms with Crippen molar-refractivity contribution in [2.75, 3.05) is 5.32 Å². The van der Waals surface area contributed by atoms with Crippen molar-refractivity contribution in [3.8, 4) is 0 Å². The summed E-state index contributed by atoms with van der Waals surface area (Å²) in [7, 11) is 0. The summed E-state index contributed by atoms with van der Waals surface area (Å²) in [6.07, 6.45) is 3.54. The molecule has 3 aromatic rings. The third-order valence-corrected chi connectivity index (χ3v) is 4.36. The first-order valence-electron chi connectivity index (χ1n) is 7.49. The first-order chi connectivity index (χ1) is 11.2. The third-order valence-electron chi connectivity index (χ3n) is 3.54. The molecule has 0 saturated heterocycles. The van der Waals surface area contributed by atoms with Crippen LogP contribution in [0.2, 0.25) is 0 Å². The second-order valence-corrected chi connectivity index (χ2v) is 6.21. The lowest BCUT2D eigenvalue weighted by Gasteiger charge is -2.08. The lowest BCUT2D eigenvalue weighted by Crippen LogP contribution is -2.27. The van der Waals surface area contributed by atoms with Crippen LogP contribution in [0.5, 0.6) is 0 Å². The molecule has 0 bridgehead atoms. The number of benzene rings is 1. The summed E-state index contributed by atoms with van der Waals surface area (Å²) in [4.78, 5) is 29.3. The van der Waals surface area contributed by atoms with Crippen molar-refractivity contribution in [1.29, 1.82) is 0 Å². The Morgan fingerprint density at radius 1 is 1.26 bits per heavy atom. The molecule has 118 valence electrons. The maximum Gasteiger partial charge on any atom is 0.262 e. The SMILES string of the molecule is CCCc1ccc(NC(=O)Cn2cnc3sccc3c2=O)cc1. The molecule has 0 radical (unpaired) electrons. The molecule has 0 fully saturated rings. The van der Waals surface area contributed by atoms with E-state index in [0.717, 1.165) is 18.5 Å². The molecule has 23 heavy (non-hydrogen) atoms. The molecular formula is C17H17N3O2S. The highest BCUT2D eigenvalue weighted by Crippen LogP contribution is 2.14. The van der Waals surface area contributed by atoms with Gasteiger partial charge in [0, 0.05) is 5.69 Å². The number of nitrogens with zero attached hydrogens (tertiary/aromatic N) is 2.